The van der Waals surface area contributed by atoms with Gasteiger partial charge in [0.2, 0.25) is 5.91 Å². The Kier molecular flexibility index (Phi) is 6.19. The number of carbonyl (C=O) groups is 1. The summed E-state index contributed by atoms with van der Waals surface area (Å²) in [4.78, 5) is 27.8. The number of rotatable bonds is 5. The summed E-state index contributed by atoms with van der Waals surface area (Å²) in [6.45, 7) is 5.47. The molecule has 0 atom stereocenters. The number of anilines is 3. The summed E-state index contributed by atoms with van der Waals surface area (Å²) in [5.74, 6) is 1.33. The number of hydrogen-bond acceptors (Lipinski definition) is 6. The first-order chi connectivity index (χ1) is 14.2. The van der Waals surface area contributed by atoms with Crippen LogP contribution >= 0.6 is 0 Å². The van der Waals surface area contributed by atoms with E-state index in [2.05, 4.69) is 36.1 Å². The lowest BCUT2D eigenvalue weighted by Gasteiger charge is -2.35. The van der Waals surface area contributed by atoms with Crippen LogP contribution < -0.4 is 15.1 Å². The number of nitrogens with one attached hydrogen (secondary N) is 1. The second-order valence-electron chi connectivity index (χ2n) is 7.57. The first-order valence-corrected chi connectivity index (χ1v) is 10.3. The average molecular weight is 398 g/mol. The molecule has 4 rings (SSSR count). The van der Waals surface area contributed by atoms with Gasteiger partial charge in [-0.1, -0.05) is 12.1 Å². The number of carbonyl (C=O) groups excluding carboxylic acids is 1. The van der Waals surface area contributed by atoms with Gasteiger partial charge in [-0.15, -0.1) is 0 Å². The molecular weight excluding hydrogens is 371 g/mol. The zero-order valence-electron chi connectivity index (χ0n) is 16.6. The smallest absolute Gasteiger partial charge is 0.238 e. The number of benzene rings is 1. The normalized spacial score (nSPS) is 18.0. The van der Waals surface area contributed by atoms with Crippen LogP contribution in [0.2, 0.25) is 0 Å². The highest BCUT2D eigenvalue weighted by Gasteiger charge is 2.21. The van der Waals surface area contributed by atoms with Crippen LogP contribution in [-0.2, 0) is 4.79 Å². The Morgan fingerprint density at radius 1 is 0.931 bits per heavy atom. The second-order valence-corrected chi connectivity index (χ2v) is 7.57. The summed E-state index contributed by atoms with van der Waals surface area (Å²) < 4.78 is 13.7. The summed E-state index contributed by atoms with van der Waals surface area (Å²) in [5, 5.41) is 2.65. The molecule has 0 radical (unpaired) electrons. The number of hydrogen-bond donors (Lipinski definition) is 1. The van der Waals surface area contributed by atoms with Crippen molar-refractivity contribution in [3.05, 3.63) is 42.5 Å². The van der Waals surface area contributed by atoms with Gasteiger partial charge in [0.15, 0.2) is 0 Å². The SMILES string of the molecule is O=C(CN1CCN(c2cc(N3CCCCC3)ncn2)CC1)Nc1ccccc1F. The van der Waals surface area contributed by atoms with Gasteiger partial charge >= 0.3 is 0 Å². The van der Waals surface area contributed by atoms with Crippen molar-refractivity contribution in [2.45, 2.75) is 19.3 Å². The Morgan fingerprint density at radius 3 is 2.28 bits per heavy atom. The van der Waals surface area contributed by atoms with Crippen molar-refractivity contribution in [3.8, 4) is 0 Å². The van der Waals surface area contributed by atoms with Crippen molar-refractivity contribution >= 4 is 23.2 Å². The lowest BCUT2D eigenvalue weighted by atomic mass is 10.1. The van der Waals surface area contributed by atoms with E-state index >= 15 is 0 Å². The van der Waals surface area contributed by atoms with Gasteiger partial charge in [0.25, 0.3) is 0 Å². The lowest BCUT2D eigenvalue weighted by molar-refractivity contribution is -0.117. The maximum atomic E-state index is 13.7. The van der Waals surface area contributed by atoms with Crippen LogP contribution in [-0.4, -0.2) is 66.6 Å². The number of piperidine rings is 1. The van der Waals surface area contributed by atoms with Crippen LogP contribution in [0.25, 0.3) is 0 Å². The Bertz CT molecular complexity index is 833. The summed E-state index contributed by atoms with van der Waals surface area (Å²) in [6, 6.07) is 8.30. The summed E-state index contributed by atoms with van der Waals surface area (Å²) in [7, 11) is 0. The molecule has 2 aromatic rings. The Labute approximate surface area is 170 Å². The van der Waals surface area contributed by atoms with E-state index in [-0.39, 0.29) is 18.1 Å². The fraction of sp³-hybridized carbons (Fsp3) is 0.476. The van der Waals surface area contributed by atoms with Crippen LogP contribution in [0.3, 0.4) is 0 Å². The largest absolute Gasteiger partial charge is 0.356 e. The summed E-state index contributed by atoms with van der Waals surface area (Å²) in [5.41, 5.74) is 0.224. The van der Waals surface area contributed by atoms with E-state index in [1.54, 1.807) is 24.5 Å². The third-order valence-corrected chi connectivity index (χ3v) is 5.53. The first-order valence-electron chi connectivity index (χ1n) is 10.3. The van der Waals surface area contributed by atoms with Gasteiger partial charge in [-0.25, -0.2) is 14.4 Å². The molecule has 0 saturated carbocycles. The van der Waals surface area contributed by atoms with Gasteiger partial charge < -0.3 is 15.1 Å². The average Bonchev–Trinajstić information content (AvgIpc) is 2.77. The number of aromatic nitrogens is 2. The molecule has 1 aromatic carbocycles. The molecule has 0 spiro atoms. The molecule has 8 heteroatoms. The molecule has 1 aromatic heterocycles. The van der Waals surface area contributed by atoms with Crippen molar-refractivity contribution < 1.29 is 9.18 Å². The minimum absolute atomic E-state index is 0.196. The Morgan fingerprint density at radius 2 is 1.59 bits per heavy atom. The van der Waals surface area contributed by atoms with E-state index in [4.69, 9.17) is 0 Å². The third-order valence-electron chi connectivity index (χ3n) is 5.53. The van der Waals surface area contributed by atoms with Crippen molar-refractivity contribution in [2.24, 2.45) is 0 Å². The Balaban J connectivity index is 1.29. The highest BCUT2D eigenvalue weighted by molar-refractivity contribution is 5.92. The van der Waals surface area contributed by atoms with Gasteiger partial charge in [-0.2, -0.15) is 0 Å². The monoisotopic (exact) mass is 398 g/mol. The van der Waals surface area contributed by atoms with Crippen molar-refractivity contribution in [1.82, 2.24) is 14.9 Å². The van der Waals surface area contributed by atoms with Gasteiger partial charge in [0, 0.05) is 45.3 Å². The van der Waals surface area contributed by atoms with E-state index in [9.17, 15) is 9.18 Å². The molecule has 2 saturated heterocycles. The van der Waals surface area contributed by atoms with E-state index in [1.165, 1.54) is 25.3 Å². The van der Waals surface area contributed by atoms with Crippen molar-refractivity contribution in [2.75, 3.05) is 60.9 Å². The standard InChI is InChI=1S/C21H27FN6O/c22-17-6-2-3-7-18(17)25-21(29)15-26-10-12-28(13-11-26)20-14-19(23-16-24-20)27-8-4-1-5-9-27/h2-3,6-7,14,16H,1,4-5,8-13,15H2,(H,25,29). The maximum Gasteiger partial charge on any atom is 0.238 e. The zero-order chi connectivity index (χ0) is 20.1. The number of halogens is 1. The molecule has 0 unspecified atom stereocenters. The van der Waals surface area contributed by atoms with E-state index in [0.29, 0.717) is 0 Å². The van der Waals surface area contributed by atoms with Crippen molar-refractivity contribution in [1.29, 1.82) is 0 Å². The fourth-order valence-electron chi connectivity index (χ4n) is 3.90. The van der Waals surface area contributed by atoms with E-state index in [1.807, 2.05) is 0 Å². The maximum absolute atomic E-state index is 13.7. The quantitative estimate of drug-likeness (QED) is 0.834. The third kappa shape index (κ3) is 5.00. The summed E-state index contributed by atoms with van der Waals surface area (Å²) >= 11 is 0. The minimum Gasteiger partial charge on any atom is -0.356 e. The van der Waals surface area contributed by atoms with Crippen LogP contribution in [0.5, 0.6) is 0 Å². The molecular formula is C21H27FN6O. The minimum atomic E-state index is -0.418. The van der Waals surface area contributed by atoms with Crippen LogP contribution in [0, 0.1) is 5.82 Å². The topological polar surface area (TPSA) is 64.6 Å². The molecule has 154 valence electrons. The van der Waals surface area contributed by atoms with Gasteiger partial charge in [-0.3, -0.25) is 9.69 Å². The van der Waals surface area contributed by atoms with Gasteiger partial charge in [-0.05, 0) is 31.4 Å². The highest BCUT2D eigenvalue weighted by atomic mass is 19.1. The number of para-hydroxylation sites is 1. The number of piperazine rings is 1. The number of nitrogens with zero attached hydrogens (tertiary/aromatic N) is 5. The molecule has 2 aliphatic heterocycles. The Hall–Kier alpha value is -2.74. The summed E-state index contributed by atoms with van der Waals surface area (Å²) in [6.07, 6.45) is 5.37. The lowest BCUT2D eigenvalue weighted by Crippen LogP contribution is -2.49. The van der Waals surface area contributed by atoms with Crippen LogP contribution in [0.1, 0.15) is 19.3 Å². The predicted octanol–water partition coefficient (Wildman–Crippen LogP) is 2.37. The molecule has 2 aliphatic rings. The molecule has 7 nitrogen and oxygen atoms in total. The first kappa shape index (κ1) is 19.6. The van der Waals surface area contributed by atoms with Gasteiger partial charge in [0.1, 0.15) is 23.8 Å². The molecule has 0 bridgehead atoms. The van der Waals surface area contributed by atoms with E-state index in [0.717, 1.165) is 50.9 Å². The van der Waals surface area contributed by atoms with Crippen LogP contribution in [0.15, 0.2) is 36.7 Å². The molecule has 29 heavy (non-hydrogen) atoms. The molecule has 3 heterocycles. The molecule has 1 N–H and O–H groups in total. The molecule has 0 aliphatic carbocycles. The zero-order valence-corrected chi connectivity index (χ0v) is 16.6. The molecule has 2 fully saturated rings. The molecule has 1 amide bonds. The highest BCUT2D eigenvalue weighted by Crippen LogP contribution is 2.22. The van der Waals surface area contributed by atoms with Crippen molar-refractivity contribution in [3.63, 3.8) is 0 Å². The fourth-order valence-corrected chi connectivity index (χ4v) is 3.90. The second kappa shape index (κ2) is 9.17. The number of amides is 1. The van der Waals surface area contributed by atoms with Gasteiger partial charge in [0.05, 0.1) is 12.2 Å². The van der Waals surface area contributed by atoms with Crippen LogP contribution in [0.4, 0.5) is 21.7 Å². The van der Waals surface area contributed by atoms with E-state index < -0.39 is 5.82 Å². The predicted molar refractivity (Wildman–Crippen MR) is 112 cm³/mol.